The molecule has 0 aliphatic carbocycles. The molecule has 1 aromatic carbocycles. The summed E-state index contributed by atoms with van der Waals surface area (Å²) in [6.07, 6.45) is 2.59. The third-order valence-corrected chi connectivity index (χ3v) is 4.82. The quantitative estimate of drug-likeness (QED) is 0.406. The first kappa shape index (κ1) is 21.9. The van der Waals surface area contributed by atoms with E-state index in [1.54, 1.807) is 4.90 Å². The average Bonchev–Trinajstić information content (AvgIpc) is 2.72. The van der Waals surface area contributed by atoms with E-state index in [2.05, 4.69) is 53.8 Å². The van der Waals surface area contributed by atoms with Crippen LogP contribution in [0.2, 0.25) is 0 Å². The number of nitrogens with zero attached hydrogens (tertiary/aromatic N) is 3. The lowest BCUT2D eigenvalue weighted by molar-refractivity contribution is 0.0963. The largest absolute Gasteiger partial charge is 0.450 e. The number of ether oxygens (including phenoxy) is 1. The molecule has 2 rings (SSSR count). The summed E-state index contributed by atoms with van der Waals surface area (Å²) in [5.74, 6) is 0.861. The number of likely N-dealkylation sites (tertiary alicyclic amines) is 1. The topological polar surface area (TPSA) is 69.2 Å². The highest BCUT2D eigenvalue weighted by Crippen LogP contribution is 2.12. The van der Waals surface area contributed by atoms with Crippen LogP contribution in [0.1, 0.15) is 33.1 Å². The molecule has 0 bridgehead atoms. The normalized spacial score (nSPS) is 15.2. The number of amides is 1. The van der Waals surface area contributed by atoms with Gasteiger partial charge in [0.1, 0.15) is 0 Å². The minimum absolute atomic E-state index is 0.205. The molecule has 1 aliphatic rings. The highest BCUT2D eigenvalue weighted by atomic mass is 16.6. The number of hydrogen-bond donors (Lipinski definition) is 2. The van der Waals surface area contributed by atoms with Gasteiger partial charge in [-0.1, -0.05) is 18.2 Å². The maximum Gasteiger partial charge on any atom is 0.409 e. The van der Waals surface area contributed by atoms with Crippen LogP contribution in [0.3, 0.4) is 0 Å². The molecule has 156 valence electrons. The molecule has 1 aliphatic heterocycles. The summed E-state index contributed by atoms with van der Waals surface area (Å²) >= 11 is 0. The van der Waals surface area contributed by atoms with Gasteiger partial charge in [-0.05, 0) is 45.2 Å². The Labute approximate surface area is 169 Å². The lowest BCUT2D eigenvalue weighted by Gasteiger charge is -2.32. The molecule has 1 aromatic rings. The molecule has 7 nitrogen and oxygen atoms in total. The van der Waals surface area contributed by atoms with Crippen LogP contribution in [0.25, 0.3) is 0 Å². The predicted molar refractivity (Wildman–Crippen MR) is 115 cm³/mol. The Hall–Kier alpha value is -2.44. The molecule has 0 unspecified atom stereocenters. The number of guanidine groups is 1. The van der Waals surface area contributed by atoms with Gasteiger partial charge in [0.15, 0.2) is 5.96 Å². The molecule has 0 spiro atoms. The number of hydrogen-bond acceptors (Lipinski definition) is 4. The van der Waals surface area contributed by atoms with Gasteiger partial charge >= 0.3 is 6.09 Å². The Morgan fingerprint density at radius 1 is 1.25 bits per heavy atom. The van der Waals surface area contributed by atoms with E-state index in [9.17, 15) is 4.79 Å². The standard InChI is InChI=1S/C21H35N5O2/c1-4-22-20(23-14-9-15-25(3)19-10-7-6-8-11-19)24-18-12-16-26(17-13-18)21(27)28-5-2/h6-8,10-11,18H,4-5,9,12-17H2,1-3H3,(H2,22,23,24). The minimum atomic E-state index is -0.205. The second-order valence-electron chi connectivity index (χ2n) is 6.98. The number of piperidine rings is 1. The summed E-state index contributed by atoms with van der Waals surface area (Å²) in [7, 11) is 2.11. The number of carbonyl (C=O) groups excluding carboxylic acids is 1. The van der Waals surface area contributed by atoms with E-state index in [-0.39, 0.29) is 6.09 Å². The van der Waals surface area contributed by atoms with Crippen LogP contribution < -0.4 is 15.5 Å². The van der Waals surface area contributed by atoms with Gasteiger partial charge in [0.2, 0.25) is 0 Å². The van der Waals surface area contributed by atoms with E-state index in [0.29, 0.717) is 12.6 Å². The summed E-state index contributed by atoms with van der Waals surface area (Å²) < 4.78 is 5.08. The molecule has 1 amide bonds. The lowest BCUT2D eigenvalue weighted by Crippen LogP contribution is -2.50. The number of carbonyl (C=O) groups is 1. The fourth-order valence-corrected chi connectivity index (χ4v) is 3.24. The summed E-state index contributed by atoms with van der Waals surface area (Å²) in [4.78, 5) is 20.6. The number of para-hydroxylation sites is 1. The maximum atomic E-state index is 11.8. The van der Waals surface area contributed by atoms with Crippen LogP contribution in [0.4, 0.5) is 10.5 Å². The van der Waals surface area contributed by atoms with E-state index in [4.69, 9.17) is 9.73 Å². The van der Waals surface area contributed by atoms with Crippen LogP contribution in [-0.2, 0) is 4.74 Å². The molecular formula is C21H35N5O2. The van der Waals surface area contributed by atoms with Gasteiger partial charge in [-0.3, -0.25) is 4.99 Å². The van der Waals surface area contributed by atoms with Crippen molar-refractivity contribution in [1.29, 1.82) is 0 Å². The van der Waals surface area contributed by atoms with Gasteiger partial charge < -0.3 is 25.2 Å². The van der Waals surface area contributed by atoms with Crippen molar-refractivity contribution in [2.45, 2.75) is 39.2 Å². The highest BCUT2D eigenvalue weighted by Gasteiger charge is 2.23. The van der Waals surface area contributed by atoms with Crippen LogP contribution in [0.15, 0.2) is 35.3 Å². The van der Waals surface area contributed by atoms with Crippen LogP contribution in [0, 0.1) is 0 Å². The molecule has 2 N–H and O–H groups in total. The number of rotatable bonds is 8. The Morgan fingerprint density at radius 2 is 1.96 bits per heavy atom. The molecule has 7 heteroatoms. The van der Waals surface area contributed by atoms with Crippen molar-refractivity contribution in [3.63, 3.8) is 0 Å². The highest BCUT2D eigenvalue weighted by molar-refractivity contribution is 5.80. The lowest BCUT2D eigenvalue weighted by atomic mass is 10.1. The van der Waals surface area contributed by atoms with Crippen LogP contribution in [0.5, 0.6) is 0 Å². The SMILES string of the molecule is CCNC(=NCCCN(C)c1ccccc1)NC1CCN(C(=O)OCC)CC1. The molecule has 0 aromatic heterocycles. The molecule has 0 saturated carbocycles. The van der Waals surface area contributed by atoms with E-state index in [1.165, 1.54) is 5.69 Å². The van der Waals surface area contributed by atoms with Crippen molar-refractivity contribution < 1.29 is 9.53 Å². The summed E-state index contributed by atoms with van der Waals surface area (Å²) in [6.45, 7) is 8.34. The number of nitrogens with one attached hydrogen (secondary N) is 2. The predicted octanol–water partition coefficient (Wildman–Crippen LogP) is 2.69. The van der Waals surface area contributed by atoms with E-state index >= 15 is 0 Å². The van der Waals surface area contributed by atoms with E-state index < -0.39 is 0 Å². The van der Waals surface area contributed by atoms with Gasteiger partial charge in [0.05, 0.1) is 6.61 Å². The van der Waals surface area contributed by atoms with Crippen molar-refractivity contribution in [3.8, 4) is 0 Å². The fraction of sp³-hybridized carbons (Fsp3) is 0.619. The minimum Gasteiger partial charge on any atom is -0.450 e. The molecule has 0 radical (unpaired) electrons. The zero-order valence-corrected chi connectivity index (χ0v) is 17.5. The van der Waals surface area contributed by atoms with Crippen molar-refractivity contribution in [2.75, 3.05) is 51.3 Å². The Kier molecular flexibility index (Phi) is 9.45. The van der Waals surface area contributed by atoms with Crippen LogP contribution in [-0.4, -0.2) is 69.4 Å². The summed E-state index contributed by atoms with van der Waals surface area (Å²) in [6, 6.07) is 10.7. The van der Waals surface area contributed by atoms with Crippen molar-refractivity contribution in [1.82, 2.24) is 15.5 Å². The van der Waals surface area contributed by atoms with E-state index in [0.717, 1.165) is 57.9 Å². The van der Waals surface area contributed by atoms with E-state index in [1.807, 2.05) is 13.0 Å². The smallest absolute Gasteiger partial charge is 0.409 e. The molecular weight excluding hydrogens is 354 g/mol. The first-order chi connectivity index (χ1) is 13.6. The number of benzene rings is 1. The van der Waals surface area contributed by atoms with Crippen molar-refractivity contribution in [2.24, 2.45) is 4.99 Å². The summed E-state index contributed by atoms with van der Waals surface area (Å²) in [5.41, 5.74) is 1.23. The average molecular weight is 390 g/mol. The fourth-order valence-electron chi connectivity index (χ4n) is 3.24. The third kappa shape index (κ3) is 7.29. The van der Waals surface area contributed by atoms with Crippen molar-refractivity contribution in [3.05, 3.63) is 30.3 Å². The molecule has 1 saturated heterocycles. The van der Waals surface area contributed by atoms with Gasteiger partial charge in [0.25, 0.3) is 0 Å². The molecule has 1 heterocycles. The number of aliphatic imine (C=N–C) groups is 1. The monoisotopic (exact) mass is 389 g/mol. The Balaban J connectivity index is 1.74. The second-order valence-corrected chi connectivity index (χ2v) is 6.98. The van der Waals surface area contributed by atoms with Gasteiger partial charge in [-0.2, -0.15) is 0 Å². The van der Waals surface area contributed by atoms with Gasteiger partial charge in [-0.25, -0.2) is 4.79 Å². The van der Waals surface area contributed by atoms with Gasteiger partial charge in [0, 0.05) is 51.5 Å². The third-order valence-electron chi connectivity index (χ3n) is 4.82. The molecule has 0 atom stereocenters. The van der Waals surface area contributed by atoms with Gasteiger partial charge in [-0.15, -0.1) is 0 Å². The Bertz CT molecular complexity index is 600. The van der Waals surface area contributed by atoms with Crippen LogP contribution >= 0.6 is 0 Å². The molecule has 1 fully saturated rings. The zero-order chi connectivity index (χ0) is 20.2. The van der Waals surface area contributed by atoms with Crippen molar-refractivity contribution >= 4 is 17.7 Å². The summed E-state index contributed by atoms with van der Waals surface area (Å²) in [5, 5.41) is 6.84. The first-order valence-electron chi connectivity index (χ1n) is 10.4. The first-order valence-corrected chi connectivity index (χ1v) is 10.4. The number of anilines is 1. The molecule has 28 heavy (non-hydrogen) atoms. The second kappa shape index (κ2) is 12.1. The zero-order valence-electron chi connectivity index (χ0n) is 17.5. The maximum absolute atomic E-state index is 11.8. The Morgan fingerprint density at radius 3 is 2.61 bits per heavy atom.